The summed E-state index contributed by atoms with van der Waals surface area (Å²) < 4.78 is 3.92. The lowest BCUT2D eigenvalue weighted by Crippen LogP contribution is -2.38. The van der Waals surface area contributed by atoms with Crippen LogP contribution in [0.1, 0.15) is 31.7 Å². The molecular weight excluding hydrogens is 378 g/mol. The lowest BCUT2D eigenvalue weighted by Gasteiger charge is -2.29. The summed E-state index contributed by atoms with van der Waals surface area (Å²) in [4.78, 5) is 4.60. The molecule has 8 nitrogen and oxygen atoms in total. The molecule has 1 aromatic carbocycles. The van der Waals surface area contributed by atoms with E-state index in [0.29, 0.717) is 29.4 Å². The molecule has 2 aliphatic heterocycles. The van der Waals surface area contributed by atoms with Crippen molar-refractivity contribution in [1.29, 1.82) is 0 Å². The van der Waals surface area contributed by atoms with Crippen LogP contribution in [-0.4, -0.2) is 46.7 Å². The number of hydrogen-bond donors (Lipinski definition) is 2. The average molecular weight is 401 g/mol. The minimum atomic E-state index is 0.166. The third-order valence-corrected chi connectivity index (χ3v) is 6.47. The van der Waals surface area contributed by atoms with Gasteiger partial charge in [0.15, 0.2) is 5.65 Å². The summed E-state index contributed by atoms with van der Waals surface area (Å²) >= 11 is 0. The van der Waals surface area contributed by atoms with Crippen molar-refractivity contribution < 1.29 is 5.11 Å². The Morgan fingerprint density at radius 2 is 1.90 bits per heavy atom. The number of phenolic OH excluding ortho intramolecular Hbond substituents is 1. The van der Waals surface area contributed by atoms with Gasteiger partial charge in [0.2, 0.25) is 0 Å². The Kier molecular flexibility index (Phi) is 3.89. The van der Waals surface area contributed by atoms with E-state index >= 15 is 0 Å². The topological polar surface area (TPSA) is 93.7 Å². The van der Waals surface area contributed by atoms with Gasteiger partial charge in [0.25, 0.3) is 0 Å². The summed E-state index contributed by atoms with van der Waals surface area (Å²) in [6.45, 7) is 0. The summed E-state index contributed by atoms with van der Waals surface area (Å²) in [6.07, 6.45) is 10.3. The fourth-order valence-electron chi connectivity index (χ4n) is 4.98. The zero-order valence-corrected chi connectivity index (χ0v) is 16.7. The molecule has 0 saturated carbocycles. The van der Waals surface area contributed by atoms with Gasteiger partial charge in [0, 0.05) is 42.5 Å². The summed E-state index contributed by atoms with van der Waals surface area (Å²) in [7, 11) is 1.87. The van der Waals surface area contributed by atoms with Gasteiger partial charge in [0.05, 0.1) is 18.2 Å². The smallest absolute Gasteiger partial charge is 0.182 e. The van der Waals surface area contributed by atoms with E-state index in [-0.39, 0.29) is 5.75 Å². The maximum atomic E-state index is 10.6. The van der Waals surface area contributed by atoms with Gasteiger partial charge in [-0.25, -0.2) is 4.98 Å². The molecule has 0 radical (unpaired) electrons. The maximum absolute atomic E-state index is 10.6. The first-order chi connectivity index (χ1) is 14.6. The molecule has 2 fully saturated rings. The minimum absolute atomic E-state index is 0.166. The highest BCUT2D eigenvalue weighted by atomic mass is 16.3. The van der Waals surface area contributed by atoms with Gasteiger partial charge in [-0.1, -0.05) is 6.07 Å². The molecule has 3 aromatic heterocycles. The number of benzene rings is 1. The predicted molar refractivity (Wildman–Crippen MR) is 113 cm³/mol. The van der Waals surface area contributed by atoms with E-state index in [0.717, 1.165) is 35.1 Å². The summed E-state index contributed by atoms with van der Waals surface area (Å²) in [6, 6.07) is 9.11. The number of fused-ring (bicyclic) bond motifs is 3. The summed E-state index contributed by atoms with van der Waals surface area (Å²) in [5, 5.41) is 27.4. The van der Waals surface area contributed by atoms with Crippen LogP contribution in [-0.2, 0) is 7.05 Å². The summed E-state index contributed by atoms with van der Waals surface area (Å²) in [5.41, 5.74) is 4.75. The van der Waals surface area contributed by atoms with E-state index in [1.54, 1.807) is 16.9 Å². The van der Waals surface area contributed by atoms with Crippen LogP contribution in [0.2, 0.25) is 0 Å². The zero-order chi connectivity index (χ0) is 20.2. The first kappa shape index (κ1) is 17.6. The lowest BCUT2D eigenvalue weighted by molar-refractivity contribution is 0.302. The van der Waals surface area contributed by atoms with Crippen molar-refractivity contribution in [3.8, 4) is 28.1 Å². The van der Waals surface area contributed by atoms with Crippen LogP contribution in [0, 0.1) is 0 Å². The predicted octanol–water partition coefficient (Wildman–Crippen LogP) is 3.05. The molecule has 30 heavy (non-hydrogen) atoms. The van der Waals surface area contributed by atoms with Crippen molar-refractivity contribution in [3.63, 3.8) is 0 Å². The second kappa shape index (κ2) is 6.63. The monoisotopic (exact) mass is 401 g/mol. The molecule has 8 heteroatoms. The van der Waals surface area contributed by atoms with Gasteiger partial charge >= 0.3 is 0 Å². The molecule has 2 bridgehead atoms. The molecule has 3 atom stereocenters. The lowest BCUT2D eigenvalue weighted by atomic mass is 10.00. The van der Waals surface area contributed by atoms with Crippen LogP contribution < -0.4 is 5.32 Å². The number of nitrogens with zero attached hydrogens (tertiary/aromatic N) is 6. The van der Waals surface area contributed by atoms with Gasteiger partial charge in [-0.3, -0.25) is 4.68 Å². The number of rotatable bonds is 3. The van der Waals surface area contributed by atoms with E-state index in [9.17, 15) is 5.11 Å². The van der Waals surface area contributed by atoms with E-state index in [4.69, 9.17) is 0 Å². The standard InChI is InChI=1S/C22H23N7O/c1-28-11-14(10-24-28)13-2-5-18(21(30)6-13)19-9-20-22(27-26-19)29(12-23-20)17-7-15-3-4-16(8-17)25-15/h2,5-6,9-12,15-17,25,30H,3-4,7-8H2,1H3/t15-,16+,17?. The molecule has 152 valence electrons. The maximum Gasteiger partial charge on any atom is 0.182 e. The van der Waals surface area contributed by atoms with Crippen LogP contribution in [0.5, 0.6) is 5.75 Å². The number of aromatic nitrogens is 6. The zero-order valence-electron chi connectivity index (χ0n) is 16.7. The SMILES string of the molecule is Cn1cc(-c2ccc(-c3cc4ncn(C5C[C@H]6CC[C@@H](C5)N6)c4nn3)c(O)c2)cn1. The van der Waals surface area contributed by atoms with Gasteiger partial charge in [-0.05, 0) is 49.4 Å². The molecule has 6 rings (SSSR count). The fourth-order valence-corrected chi connectivity index (χ4v) is 4.98. The molecule has 0 aliphatic carbocycles. The molecule has 2 saturated heterocycles. The fraction of sp³-hybridized carbons (Fsp3) is 0.364. The van der Waals surface area contributed by atoms with Crippen molar-refractivity contribution >= 4 is 11.2 Å². The number of phenols is 1. The van der Waals surface area contributed by atoms with Crippen molar-refractivity contribution in [2.75, 3.05) is 0 Å². The molecule has 4 aromatic rings. The number of piperidine rings is 1. The second-order valence-corrected chi connectivity index (χ2v) is 8.49. The molecule has 0 amide bonds. The van der Waals surface area contributed by atoms with Gasteiger partial charge in [-0.15, -0.1) is 10.2 Å². The highest BCUT2D eigenvalue weighted by Crippen LogP contribution is 2.36. The Labute approximate surface area is 173 Å². The molecule has 2 aliphatic rings. The minimum Gasteiger partial charge on any atom is -0.507 e. The third kappa shape index (κ3) is 2.87. The first-order valence-corrected chi connectivity index (χ1v) is 10.4. The Hall–Kier alpha value is -3.26. The number of nitrogens with one attached hydrogen (secondary N) is 1. The number of aryl methyl sites for hydroxylation is 1. The van der Waals surface area contributed by atoms with Crippen molar-refractivity contribution in [2.24, 2.45) is 7.05 Å². The number of imidazole rings is 1. The van der Waals surface area contributed by atoms with Crippen molar-refractivity contribution in [1.82, 2.24) is 34.8 Å². The van der Waals surface area contributed by atoms with Crippen LogP contribution >= 0.6 is 0 Å². The number of hydrogen-bond acceptors (Lipinski definition) is 6. The van der Waals surface area contributed by atoms with Gasteiger partial charge in [0.1, 0.15) is 11.3 Å². The summed E-state index contributed by atoms with van der Waals surface area (Å²) in [5.74, 6) is 0.166. The number of aromatic hydroxyl groups is 1. The van der Waals surface area contributed by atoms with Gasteiger partial charge < -0.3 is 15.0 Å². The van der Waals surface area contributed by atoms with E-state index in [1.807, 2.05) is 37.8 Å². The van der Waals surface area contributed by atoms with E-state index < -0.39 is 0 Å². The van der Waals surface area contributed by atoms with Crippen LogP contribution in [0.15, 0.2) is 43.0 Å². The first-order valence-electron chi connectivity index (χ1n) is 10.4. The highest BCUT2D eigenvalue weighted by molar-refractivity contribution is 5.79. The normalized spacial score (nSPS) is 23.3. The van der Waals surface area contributed by atoms with Gasteiger partial charge in [-0.2, -0.15) is 5.10 Å². The van der Waals surface area contributed by atoms with Crippen LogP contribution in [0.4, 0.5) is 0 Å². The highest BCUT2D eigenvalue weighted by Gasteiger charge is 2.34. The quantitative estimate of drug-likeness (QED) is 0.548. The Morgan fingerprint density at radius 1 is 1.07 bits per heavy atom. The second-order valence-electron chi connectivity index (χ2n) is 8.49. The van der Waals surface area contributed by atoms with Crippen LogP contribution in [0.3, 0.4) is 0 Å². The van der Waals surface area contributed by atoms with E-state index in [1.165, 1.54) is 12.8 Å². The van der Waals surface area contributed by atoms with E-state index in [2.05, 4.69) is 30.2 Å². The largest absolute Gasteiger partial charge is 0.507 e. The van der Waals surface area contributed by atoms with Crippen molar-refractivity contribution in [2.45, 2.75) is 43.8 Å². The molecular formula is C22H23N7O. The molecule has 5 heterocycles. The van der Waals surface area contributed by atoms with Crippen molar-refractivity contribution in [3.05, 3.63) is 43.0 Å². The molecule has 1 unspecified atom stereocenters. The molecule has 0 spiro atoms. The third-order valence-electron chi connectivity index (χ3n) is 6.47. The Bertz CT molecular complexity index is 1230. The van der Waals surface area contributed by atoms with Crippen LogP contribution in [0.25, 0.3) is 33.5 Å². The average Bonchev–Trinajstić information content (AvgIpc) is 3.45. The Balaban J connectivity index is 1.33. The Morgan fingerprint density at radius 3 is 2.63 bits per heavy atom. The molecule has 2 N–H and O–H groups in total.